The molecule has 0 heterocycles. The van der Waals surface area contributed by atoms with Crippen LogP contribution in [-0.4, -0.2) is 24.3 Å². The first-order valence-electron chi connectivity index (χ1n) is 7.68. The number of nitrogens with zero attached hydrogens (tertiary/aromatic N) is 1. The Morgan fingerprint density at radius 1 is 1.27 bits per heavy atom. The van der Waals surface area contributed by atoms with Gasteiger partial charge in [0.15, 0.2) is 5.78 Å². The van der Waals surface area contributed by atoms with E-state index in [1.807, 2.05) is 0 Å². The van der Waals surface area contributed by atoms with Gasteiger partial charge in [-0.15, -0.1) is 0 Å². The van der Waals surface area contributed by atoms with Crippen LogP contribution in [0.5, 0.6) is 0 Å². The second-order valence-corrected chi connectivity index (χ2v) is 5.68. The fraction of sp³-hybridized carbons (Fsp3) is 0.471. The van der Waals surface area contributed by atoms with Crippen LogP contribution in [0.4, 0.5) is 5.69 Å². The smallest absolute Gasteiger partial charge is 0.239 e. The van der Waals surface area contributed by atoms with E-state index < -0.39 is 0 Å². The maximum Gasteiger partial charge on any atom is 0.239 e. The van der Waals surface area contributed by atoms with Crippen molar-refractivity contribution in [2.24, 2.45) is 0 Å². The molecule has 1 saturated carbocycles. The fourth-order valence-electron chi connectivity index (χ4n) is 2.71. The first-order chi connectivity index (χ1) is 10.6. The lowest BCUT2D eigenvalue weighted by molar-refractivity contribution is -0.120. The Hall–Kier alpha value is -2.35. The number of anilines is 1. The normalized spacial score (nSPS) is 14.9. The first-order valence-corrected chi connectivity index (χ1v) is 7.68. The molecule has 0 unspecified atom stereocenters. The molecule has 0 aromatic heterocycles. The SMILES string of the molecule is CC(=O)c1ccc(C#N)c(NCC(=O)NC2CCCCC2)c1. The molecule has 2 rings (SSSR count). The molecule has 0 saturated heterocycles. The molecule has 0 atom stereocenters. The molecule has 1 aromatic rings. The van der Waals surface area contributed by atoms with E-state index in [0.29, 0.717) is 16.8 Å². The predicted molar refractivity (Wildman–Crippen MR) is 84.7 cm³/mol. The molecule has 1 aliphatic rings. The number of Topliss-reactive ketones (excluding diaryl/α,β-unsaturated/α-hetero) is 1. The zero-order chi connectivity index (χ0) is 15.9. The molecule has 0 bridgehead atoms. The minimum atomic E-state index is -0.0796. The third kappa shape index (κ3) is 4.32. The van der Waals surface area contributed by atoms with Crippen molar-refractivity contribution in [3.05, 3.63) is 29.3 Å². The van der Waals surface area contributed by atoms with Crippen molar-refractivity contribution in [1.29, 1.82) is 5.26 Å². The quantitative estimate of drug-likeness (QED) is 0.819. The fourth-order valence-corrected chi connectivity index (χ4v) is 2.71. The Balaban J connectivity index is 1.95. The summed E-state index contributed by atoms with van der Waals surface area (Å²) in [5.74, 6) is -0.150. The summed E-state index contributed by atoms with van der Waals surface area (Å²) in [6.45, 7) is 1.58. The van der Waals surface area contributed by atoms with E-state index in [4.69, 9.17) is 5.26 Å². The minimum Gasteiger partial charge on any atom is -0.375 e. The van der Waals surface area contributed by atoms with Crippen molar-refractivity contribution in [1.82, 2.24) is 5.32 Å². The Kier molecular flexibility index (Phi) is 5.54. The molecule has 0 spiro atoms. The van der Waals surface area contributed by atoms with Crippen LogP contribution in [0.1, 0.15) is 54.9 Å². The standard InChI is InChI=1S/C17H21N3O2/c1-12(21)13-7-8-14(10-18)16(9-13)19-11-17(22)20-15-5-3-2-4-6-15/h7-9,15,19H,2-6,11H2,1H3,(H,20,22). The molecule has 1 amide bonds. The minimum absolute atomic E-state index is 0.0702. The summed E-state index contributed by atoms with van der Waals surface area (Å²) in [4.78, 5) is 23.4. The molecular formula is C17H21N3O2. The number of nitrogens with one attached hydrogen (secondary N) is 2. The van der Waals surface area contributed by atoms with Gasteiger partial charge >= 0.3 is 0 Å². The highest BCUT2D eigenvalue weighted by molar-refractivity contribution is 5.95. The van der Waals surface area contributed by atoms with Crippen LogP contribution in [-0.2, 0) is 4.79 Å². The summed E-state index contributed by atoms with van der Waals surface area (Å²) >= 11 is 0. The molecule has 5 heteroatoms. The number of carbonyl (C=O) groups is 2. The topological polar surface area (TPSA) is 82.0 Å². The van der Waals surface area contributed by atoms with Crippen LogP contribution in [0, 0.1) is 11.3 Å². The molecule has 0 radical (unpaired) electrons. The van der Waals surface area contributed by atoms with Gasteiger partial charge in [-0.05, 0) is 38.0 Å². The van der Waals surface area contributed by atoms with Gasteiger partial charge in [0.1, 0.15) is 6.07 Å². The van der Waals surface area contributed by atoms with E-state index in [2.05, 4.69) is 16.7 Å². The third-order valence-electron chi connectivity index (χ3n) is 3.96. The lowest BCUT2D eigenvalue weighted by Gasteiger charge is -2.23. The highest BCUT2D eigenvalue weighted by Gasteiger charge is 2.15. The lowest BCUT2D eigenvalue weighted by Crippen LogP contribution is -2.39. The van der Waals surface area contributed by atoms with Crippen LogP contribution in [0.3, 0.4) is 0 Å². The molecule has 2 N–H and O–H groups in total. The van der Waals surface area contributed by atoms with Gasteiger partial charge in [0.05, 0.1) is 17.8 Å². The van der Waals surface area contributed by atoms with Crippen molar-refractivity contribution in [2.75, 3.05) is 11.9 Å². The number of ketones is 1. The van der Waals surface area contributed by atoms with Gasteiger partial charge in [0, 0.05) is 11.6 Å². The van der Waals surface area contributed by atoms with Crippen molar-refractivity contribution in [2.45, 2.75) is 45.1 Å². The number of amides is 1. The summed E-state index contributed by atoms with van der Waals surface area (Å²) in [5, 5.41) is 15.1. The lowest BCUT2D eigenvalue weighted by atomic mass is 9.95. The van der Waals surface area contributed by atoms with Gasteiger partial charge in [-0.1, -0.05) is 19.3 Å². The van der Waals surface area contributed by atoms with Crippen LogP contribution < -0.4 is 10.6 Å². The highest BCUT2D eigenvalue weighted by atomic mass is 16.2. The first kappa shape index (κ1) is 16.0. The Labute approximate surface area is 130 Å². The molecule has 1 fully saturated rings. The van der Waals surface area contributed by atoms with Gasteiger partial charge < -0.3 is 10.6 Å². The third-order valence-corrected chi connectivity index (χ3v) is 3.96. The second kappa shape index (κ2) is 7.60. The average Bonchev–Trinajstić information content (AvgIpc) is 2.53. The largest absolute Gasteiger partial charge is 0.375 e. The monoisotopic (exact) mass is 299 g/mol. The molecule has 1 aromatic carbocycles. The molecule has 0 aliphatic heterocycles. The summed E-state index contributed by atoms with van der Waals surface area (Å²) in [7, 11) is 0. The van der Waals surface area contributed by atoms with Gasteiger partial charge in [0.2, 0.25) is 5.91 Å². The number of hydrogen-bond acceptors (Lipinski definition) is 4. The molecule has 1 aliphatic carbocycles. The van der Waals surface area contributed by atoms with Crippen molar-refractivity contribution < 1.29 is 9.59 Å². The molecular weight excluding hydrogens is 278 g/mol. The Morgan fingerprint density at radius 3 is 2.64 bits per heavy atom. The summed E-state index contributed by atoms with van der Waals surface area (Å²) in [6.07, 6.45) is 5.65. The summed E-state index contributed by atoms with van der Waals surface area (Å²) in [6, 6.07) is 7.16. The summed E-state index contributed by atoms with van der Waals surface area (Å²) < 4.78 is 0. The van der Waals surface area contributed by atoms with Crippen LogP contribution in [0.25, 0.3) is 0 Å². The number of benzene rings is 1. The van der Waals surface area contributed by atoms with E-state index >= 15 is 0 Å². The predicted octanol–water partition coefficient (Wildman–Crippen LogP) is 2.62. The van der Waals surface area contributed by atoms with E-state index in [1.54, 1.807) is 18.2 Å². The average molecular weight is 299 g/mol. The van der Waals surface area contributed by atoms with Gasteiger partial charge in [0.25, 0.3) is 0 Å². The van der Waals surface area contributed by atoms with Crippen LogP contribution >= 0.6 is 0 Å². The zero-order valence-corrected chi connectivity index (χ0v) is 12.8. The number of rotatable bonds is 5. The number of nitriles is 1. The van der Waals surface area contributed by atoms with Gasteiger partial charge in [-0.3, -0.25) is 9.59 Å². The Morgan fingerprint density at radius 2 is 2.00 bits per heavy atom. The highest BCUT2D eigenvalue weighted by Crippen LogP contribution is 2.18. The molecule has 116 valence electrons. The van der Waals surface area contributed by atoms with E-state index in [-0.39, 0.29) is 24.3 Å². The Bertz CT molecular complexity index is 598. The number of carbonyl (C=O) groups excluding carboxylic acids is 2. The zero-order valence-electron chi connectivity index (χ0n) is 12.8. The second-order valence-electron chi connectivity index (χ2n) is 5.68. The van der Waals surface area contributed by atoms with E-state index in [0.717, 1.165) is 25.7 Å². The van der Waals surface area contributed by atoms with Gasteiger partial charge in [-0.25, -0.2) is 0 Å². The van der Waals surface area contributed by atoms with Crippen molar-refractivity contribution >= 4 is 17.4 Å². The van der Waals surface area contributed by atoms with Crippen LogP contribution in [0.15, 0.2) is 18.2 Å². The molecule has 22 heavy (non-hydrogen) atoms. The van der Waals surface area contributed by atoms with E-state index in [9.17, 15) is 9.59 Å². The van der Waals surface area contributed by atoms with Crippen LogP contribution in [0.2, 0.25) is 0 Å². The molecule has 5 nitrogen and oxygen atoms in total. The summed E-state index contributed by atoms with van der Waals surface area (Å²) in [5.41, 5.74) is 1.47. The van der Waals surface area contributed by atoms with Gasteiger partial charge in [-0.2, -0.15) is 5.26 Å². The van der Waals surface area contributed by atoms with E-state index in [1.165, 1.54) is 13.3 Å². The van der Waals surface area contributed by atoms with Crippen molar-refractivity contribution in [3.8, 4) is 6.07 Å². The maximum absolute atomic E-state index is 12.0. The maximum atomic E-state index is 12.0. The van der Waals surface area contributed by atoms with Crippen molar-refractivity contribution in [3.63, 3.8) is 0 Å². The number of hydrogen-bond donors (Lipinski definition) is 2.